The van der Waals surface area contributed by atoms with Gasteiger partial charge in [0.2, 0.25) is 5.91 Å². The highest BCUT2D eigenvalue weighted by atomic mass is 16.6. The molecule has 1 aliphatic rings. The van der Waals surface area contributed by atoms with Crippen molar-refractivity contribution in [1.29, 1.82) is 0 Å². The zero-order chi connectivity index (χ0) is 15.4. The van der Waals surface area contributed by atoms with Gasteiger partial charge in [0.25, 0.3) is 5.69 Å². The van der Waals surface area contributed by atoms with E-state index in [9.17, 15) is 20.0 Å². The van der Waals surface area contributed by atoms with Gasteiger partial charge in [-0.05, 0) is 18.4 Å². The second kappa shape index (κ2) is 6.67. The second-order valence-electron chi connectivity index (χ2n) is 5.52. The van der Waals surface area contributed by atoms with Crippen molar-refractivity contribution in [2.24, 2.45) is 0 Å². The molecule has 0 heterocycles. The number of carbonyl (C=O) groups is 1. The number of benzene rings is 1. The molecule has 1 aromatic rings. The van der Waals surface area contributed by atoms with Crippen molar-refractivity contribution in [1.82, 2.24) is 4.90 Å². The third kappa shape index (κ3) is 3.78. The van der Waals surface area contributed by atoms with Gasteiger partial charge in [0.05, 0.1) is 23.5 Å². The maximum absolute atomic E-state index is 12.3. The fourth-order valence-corrected chi connectivity index (χ4v) is 2.76. The van der Waals surface area contributed by atoms with Gasteiger partial charge < -0.3 is 10.0 Å². The molecule has 1 aliphatic carbocycles. The molecule has 2 atom stereocenters. The standard InChI is InChI=1S/C15H20N2O4/c1-16(13-4-2-3-5-14(13)18)15(19)10-11-6-8-12(9-7-11)17(20)21/h6-9,13-14,18H,2-5,10H2,1H3. The number of nitro groups is 1. The lowest BCUT2D eigenvalue weighted by Gasteiger charge is -2.35. The molecule has 21 heavy (non-hydrogen) atoms. The Morgan fingerprint density at radius 3 is 2.52 bits per heavy atom. The molecule has 2 unspecified atom stereocenters. The minimum atomic E-state index is -0.462. The highest BCUT2D eigenvalue weighted by molar-refractivity contribution is 5.79. The Kier molecular flexibility index (Phi) is 4.90. The molecule has 2 rings (SSSR count). The number of nitrogens with zero attached hydrogens (tertiary/aromatic N) is 2. The van der Waals surface area contributed by atoms with Gasteiger partial charge in [-0.15, -0.1) is 0 Å². The number of aliphatic hydroxyl groups is 1. The van der Waals surface area contributed by atoms with E-state index in [1.165, 1.54) is 12.1 Å². The quantitative estimate of drug-likeness (QED) is 0.678. The molecule has 0 radical (unpaired) electrons. The molecule has 0 saturated heterocycles. The van der Waals surface area contributed by atoms with Crippen LogP contribution in [0.25, 0.3) is 0 Å². The van der Waals surface area contributed by atoms with E-state index in [1.54, 1.807) is 24.1 Å². The van der Waals surface area contributed by atoms with Gasteiger partial charge in [0, 0.05) is 19.2 Å². The molecule has 0 aromatic heterocycles. The molecule has 0 bridgehead atoms. The molecule has 1 saturated carbocycles. The first-order chi connectivity index (χ1) is 9.99. The minimum Gasteiger partial charge on any atom is -0.391 e. The van der Waals surface area contributed by atoms with Gasteiger partial charge in [0.1, 0.15) is 0 Å². The number of carbonyl (C=O) groups excluding carboxylic acids is 1. The predicted molar refractivity (Wildman–Crippen MR) is 77.8 cm³/mol. The van der Waals surface area contributed by atoms with Crippen LogP contribution in [0.2, 0.25) is 0 Å². The average Bonchev–Trinajstić information content (AvgIpc) is 2.47. The summed E-state index contributed by atoms with van der Waals surface area (Å²) in [6.45, 7) is 0. The number of aliphatic hydroxyl groups excluding tert-OH is 1. The summed E-state index contributed by atoms with van der Waals surface area (Å²) in [6.07, 6.45) is 3.32. The van der Waals surface area contributed by atoms with Crippen molar-refractivity contribution in [3.63, 3.8) is 0 Å². The Hall–Kier alpha value is -1.95. The first-order valence-corrected chi connectivity index (χ1v) is 7.16. The van der Waals surface area contributed by atoms with Gasteiger partial charge in [0.15, 0.2) is 0 Å². The zero-order valence-electron chi connectivity index (χ0n) is 12.1. The Bertz CT molecular complexity index is 515. The zero-order valence-corrected chi connectivity index (χ0v) is 12.1. The summed E-state index contributed by atoms with van der Waals surface area (Å²) in [7, 11) is 1.72. The smallest absolute Gasteiger partial charge is 0.269 e. The Labute approximate surface area is 123 Å². The fourth-order valence-electron chi connectivity index (χ4n) is 2.76. The van der Waals surface area contributed by atoms with E-state index in [0.717, 1.165) is 31.2 Å². The lowest BCUT2D eigenvalue weighted by atomic mass is 9.91. The van der Waals surface area contributed by atoms with Gasteiger partial charge in [-0.25, -0.2) is 0 Å². The van der Waals surface area contributed by atoms with Crippen LogP contribution in [-0.2, 0) is 11.2 Å². The van der Waals surface area contributed by atoms with Crippen LogP contribution in [0, 0.1) is 10.1 Å². The van der Waals surface area contributed by atoms with Crippen LogP contribution >= 0.6 is 0 Å². The third-order valence-corrected chi connectivity index (χ3v) is 4.09. The number of non-ortho nitro benzene ring substituents is 1. The summed E-state index contributed by atoms with van der Waals surface area (Å²) < 4.78 is 0. The molecule has 1 aromatic carbocycles. The van der Waals surface area contributed by atoms with E-state index in [0.29, 0.717) is 0 Å². The van der Waals surface area contributed by atoms with E-state index in [2.05, 4.69) is 0 Å². The van der Waals surface area contributed by atoms with Crippen molar-refractivity contribution in [3.05, 3.63) is 39.9 Å². The van der Waals surface area contributed by atoms with Crippen molar-refractivity contribution in [2.45, 2.75) is 44.2 Å². The average molecular weight is 292 g/mol. The summed E-state index contributed by atoms with van der Waals surface area (Å²) >= 11 is 0. The predicted octanol–water partition coefficient (Wildman–Crippen LogP) is 1.90. The molecule has 0 aliphatic heterocycles. The number of hydrogen-bond acceptors (Lipinski definition) is 4. The molecule has 1 N–H and O–H groups in total. The van der Waals surface area contributed by atoms with Gasteiger partial charge >= 0.3 is 0 Å². The molecule has 6 nitrogen and oxygen atoms in total. The SMILES string of the molecule is CN(C(=O)Cc1ccc([N+](=O)[O-])cc1)C1CCCCC1O. The third-order valence-electron chi connectivity index (χ3n) is 4.09. The van der Waals surface area contributed by atoms with E-state index >= 15 is 0 Å². The summed E-state index contributed by atoms with van der Waals surface area (Å²) in [6, 6.07) is 5.88. The number of rotatable bonds is 4. The number of hydrogen-bond donors (Lipinski definition) is 1. The van der Waals surface area contributed by atoms with Crippen LogP contribution in [0.5, 0.6) is 0 Å². The van der Waals surface area contributed by atoms with Gasteiger partial charge in [-0.3, -0.25) is 14.9 Å². The van der Waals surface area contributed by atoms with Crippen LogP contribution in [0.3, 0.4) is 0 Å². The maximum Gasteiger partial charge on any atom is 0.269 e. The van der Waals surface area contributed by atoms with E-state index in [1.807, 2.05) is 0 Å². The van der Waals surface area contributed by atoms with Crippen LogP contribution in [0.4, 0.5) is 5.69 Å². The first-order valence-electron chi connectivity index (χ1n) is 7.16. The molecule has 0 spiro atoms. The summed E-state index contributed by atoms with van der Waals surface area (Å²) in [5.41, 5.74) is 0.755. The number of amides is 1. The first kappa shape index (κ1) is 15.4. The van der Waals surface area contributed by atoms with Crippen molar-refractivity contribution < 1.29 is 14.8 Å². The highest BCUT2D eigenvalue weighted by Gasteiger charge is 2.29. The van der Waals surface area contributed by atoms with E-state index in [4.69, 9.17) is 0 Å². The Morgan fingerprint density at radius 1 is 1.33 bits per heavy atom. The van der Waals surface area contributed by atoms with Crippen molar-refractivity contribution >= 4 is 11.6 Å². The molecule has 6 heteroatoms. The summed E-state index contributed by atoms with van der Waals surface area (Å²) in [5.74, 6) is -0.0743. The van der Waals surface area contributed by atoms with Crippen molar-refractivity contribution in [2.75, 3.05) is 7.05 Å². The number of likely N-dealkylation sites (N-methyl/N-ethyl adjacent to an activating group) is 1. The maximum atomic E-state index is 12.3. The van der Waals surface area contributed by atoms with Gasteiger partial charge in [-0.1, -0.05) is 25.0 Å². The lowest BCUT2D eigenvalue weighted by Crippen LogP contribution is -2.46. The Morgan fingerprint density at radius 2 is 1.95 bits per heavy atom. The summed E-state index contributed by atoms with van der Waals surface area (Å²) in [5, 5.41) is 20.6. The fraction of sp³-hybridized carbons (Fsp3) is 0.533. The largest absolute Gasteiger partial charge is 0.391 e. The molecule has 114 valence electrons. The number of nitro benzene ring substituents is 1. The minimum absolute atomic E-state index is 0.0160. The lowest BCUT2D eigenvalue weighted by molar-refractivity contribution is -0.384. The molecule has 1 amide bonds. The summed E-state index contributed by atoms with van der Waals surface area (Å²) in [4.78, 5) is 24.0. The molecule has 1 fully saturated rings. The highest BCUT2D eigenvalue weighted by Crippen LogP contribution is 2.23. The Balaban J connectivity index is 1.98. The van der Waals surface area contributed by atoms with Crippen LogP contribution in [0.15, 0.2) is 24.3 Å². The molecular formula is C15H20N2O4. The molecular weight excluding hydrogens is 272 g/mol. The normalized spacial score (nSPS) is 21.8. The van der Waals surface area contributed by atoms with Gasteiger partial charge in [-0.2, -0.15) is 0 Å². The monoisotopic (exact) mass is 292 g/mol. The van der Waals surface area contributed by atoms with E-state index in [-0.39, 0.29) is 24.1 Å². The van der Waals surface area contributed by atoms with Crippen LogP contribution < -0.4 is 0 Å². The second-order valence-corrected chi connectivity index (χ2v) is 5.52. The van der Waals surface area contributed by atoms with Crippen molar-refractivity contribution in [3.8, 4) is 0 Å². The van der Waals surface area contributed by atoms with Crippen LogP contribution in [0.1, 0.15) is 31.2 Å². The van der Waals surface area contributed by atoms with E-state index < -0.39 is 11.0 Å². The van der Waals surface area contributed by atoms with Crippen LogP contribution in [-0.4, -0.2) is 40.0 Å². The topological polar surface area (TPSA) is 83.7 Å².